The van der Waals surface area contributed by atoms with E-state index >= 15 is 0 Å². The van der Waals surface area contributed by atoms with E-state index in [9.17, 15) is 8.42 Å². The van der Waals surface area contributed by atoms with Gasteiger partial charge in [0.05, 0.1) is 17.9 Å². The van der Waals surface area contributed by atoms with Crippen LogP contribution in [0.1, 0.15) is 0 Å². The third kappa shape index (κ3) is 2.13. The molecule has 1 aromatic carbocycles. The van der Waals surface area contributed by atoms with Gasteiger partial charge in [0.1, 0.15) is 0 Å². The Morgan fingerprint density at radius 1 is 1.15 bits per heavy atom. The molecule has 0 saturated heterocycles. The van der Waals surface area contributed by atoms with Crippen LogP contribution in [-0.4, -0.2) is 28.6 Å². The Hall–Kier alpha value is -1.05. The number of hydrogen-bond donors (Lipinski definition) is 0. The zero-order valence-electron chi connectivity index (χ0n) is 10.8. The van der Waals surface area contributed by atoms with Crippen molar-refractivity contribution in [2.45, 2.75) is 4.21 Å². The van der Waals surface area contributed by atoms with Crippen molar-refractivity contribution in [1.29, 1.82) is 0 Å². The third-order valence-corrected chi connectivity index (χ3v) is 7.77. The molecule has 0 spiro atoms. The van der Waals surface area contributed by atoms with Gasteiger partial charge in [-0.3, -0.25) is 4.31 Å². The van der Waals surface area contributed by atoms with E-state index in [0.717, 1.165) is 11.4 Å². The van der Waals surface area contributed by atoms with E-state index in [2.05, 4.69) is 20.8 Å². The summed E-state index contributed by atoms with van der Waals surface area (Å²) in [7, 11) is -1.53. The fourth-order valence-corrected chi connectivity index (χ4v) is 6.18. The number of hydrogen-bond acceptors (Lipinski definition) is 4. The summed E-state index contributed by atoms with van der Waals surface area (Å²) in [5.41, 5.74) is 1.68. The Balaban J connectivity index is 2.13. The van der Waals surface area contributed by atoms with Crippen LogP contribution >= 0.6 is 27.3 Å². The number of anilines is 2. The fourth-order valence-electron chi connectivity index (χ4n) is 2.29. The van der Waals surface area contributed by atoms with Crippen LogP contribution < -0.4 is 9.21 Å². The number of halogens is 1. The molecule has 2 heterocycles. The van der Waals surface area contributed by atoms with Crippen LogP contribution in [-0.2, 0) is 10.0 Å². The Kier molecular flexibility index (Phi) is 3.51. The van der Waals surface area contributed by atoms with Gasteiger partial charge < -0.3 is 4.90 Å². The van der Waals surface area contributed by atoms with Crippen LogP contribution in [0.3, 0.4) is 0 Å². The molecule has 0 atom stereocenters. The summed E-state index contributed by atoms with van der Waals surface area (Å²) in [5, 5.41) is 1.78. The highest BCUT2D eigenvalue weighted by molar-refractivity contribution is 9.10. The Labute approximate surface area is 130 Å². The molecule has 3 rings (SSSR count). The van der Waals surface area contributed by atoms with Crippen molar-refractivity contribution in [1.82, 2.24) is 0 Å². The molecule has 7 heteroatoms. The number of thiophene rings is 1. The van der Waals surface area contributed by atoms with Crippen LogP contribution in [0.2, 0.25) is 0 Å². The van der Waals surface area contributed by atoms with Crippen molar-refractivity contribution in [2.24, 2.45) is 0 Å². The summed E-state index contributed by atoms with van der Waals surface area (Å²) in [6, 6.07) is 9.35. The molecule has 0 bridgehead atoms. The zero-order chi connectivity index (χ0) is 14.3. The number of para-hydroxylation sites is 2. The fraction of sp³-hybridized carbons (Fsp3) is 0.231. The first-order chi connectivity index (χ1) is 9.51. The van der Waals surface area contributed by atoms with Gasteiger partial charge in [-0.2, -0.15) is 0 Å². The second-order valence-corrected chi connectivity index (χ2v) is 8.37. The van der Waals surface area contributed by atoms with Gasteiger partial charge in [-0.25, -0.2) is 8.42 Å². The number of fused-ring (bicyclic) bond motifs is 1. The number of nitrogens with zero attached hydrogens (tertiary/aromatic N) is 2. The predicted octanol–water partition coefficient (Wildman–Crippen LogP) is 3.16. The van der Waals surface area contributed by atoms with Crippen molar-refractivity contribution in [3.63, 3.8) is 0 Å². The Morgan fingerprint density at radius 2 is 1.85 bits per heavy atom. The molecule has 0 radical (unpaired) electrons. The average Bonchev–Trinajstić information content (AvgIpc) is 2.86. The van der Waals surface area contributed by atoms with E-state index in [0.29, 0.717) is 21.8 Å². The second kappa shape index (κ2) is 5.05. The lowest BCUT2D eigenvalue weighted by molar-refractivity contribution is 0.591. The molecule has 0 amide bonds. The van der Waals surface area contributed by atoms with E-state index in [4.69, 9.17) is 0 Å². The van der Waals surface area contributed by atoms with Crippen molar-refractivity contribution >= 4 is 48.7 Å². The Bertz CT molecular complexity index is 742. The molecular weight excluding hydrogens is 360 g/mol. The summed E-state index contributed by atoms with van der Waals surface area (Å²) in [6.45, 7) is 1.14. The number of likely N-dealkylation sites (N-methyl/N-ethyl adjacent to an activating group) is 1. The minimum atomic E-state index is -3.51. The average molecular weight is 373 g/mol. The molecule has 1 aliphatic heterocycles. The third-order valence-electron chi connectivity index (χ3n) is 3.31. The lowest BCUT2D eigenvalue weighted by Crippen LogP contribution is -2.42. The maximum atomic E-state index is 12.8. The first-order valence-corrected chi connectivity index (χ1v) is 9.19. The standard InChI is InChI=1S/C13H13BrN2O2S2/c1-15-7-8-16(12-5-3-2-4-11(12)15)20(17,18)13-10(14)6-9-19-13/h2-6,9H,7-8H2,1H3. The quantitative estimate of drug-likeness (QED) is 0.812. The first kappa shape index (κ1) is 13.9. The van der Waals surface area contributed by atoms with Gasteiger partial charge in [0.2, 0.25) is 0 Å². The summed E-state index contributed by atoms with van der Waals surface area (Å²) in [4.78, 5) is 2.07. The lowest BCUT2D eigenvalue weighted by Gasteiger charge is -2.35. The lowest BCUT2D eigenvalue weighted by atomic mass is 10.2. The summed E-state index contributed by atoms with van der Waals surface area (Å²) < 4.78 is 28.1. The zero-order valence-corrected chi connectivity index (χ0v) is 14.0. The molecule has 0 fully saturated rings. The summed E-state index contributed by atoms with van der Waals surface area (Å²) in [6.07, 6.45) is 0. The highest BCUT2D eigenvalue weighted by Gasteiger charge is 2.32. The normalized spacial score (nSPS) is 15.3. The highest BCUT2D eigenvalue weighted by Crippen LogP contribution is 2.38. The second-order valence-electron chi connectivity index (χ2n) is 4.54. The SMILES string of the molecule is CN1CCN(S(=O)(=O)c2sccc2Br)c2ccccc21. The van der Waals surface area contributed by atoms with Gasteiger partial charge in [0.15, 0.2) is 4.21 Å². The van der Waals surface area contributed by atoms with Crippen molar-refractivity contribution in [2.75, 3.05) is 29.3 Å². The Morgan fingerprint density at radius 3 is 2.50 bits per heavy atom. The molecular formula is C13H13BrN2O2S2. The molecule has 0 saturated carbocycles. The minimum Gasteiger partial charge on any atom is -0.371 e. The largest absolute Gasteiger partial charge is 0.371 e. The summed E-state index contributed by atoms with van der Waals surface area (Å²) >= 11 is 4.55. The minimum absolute atomic E-state index is 0.358. The van der Waals surface area contributed by atoms with Crippen LogP contribution in [0.5, 0.6) is 0 Å². The molecule has 20 heavy (non-hydrogen) atoms. The van der Waals surface area contributed by atoms with Crippen molar-refractivity contribution in [3.8, 4) is 0 Å². The van der Waals surface area contributed by atoms with Gasteiger partial charge >= 0.3 is 0 Å². The molecule has 106 valence electrons. The monoisotopic (exact) mass is 372 g/mol. The van der Waals surface area contributed by atoms with Crippen LogP contribution in [0, 0.1) is 0 Å². The van der Waals surface area contributed by atoms with Crippen molar-refractivity contribution in [3.05, 3.63) is 40.2 Å². The number of rotatable bonds is 2. The smallest absolute Gasteiger partial charge is 0.275 e. The maximum absolute atomic E-state index is 12.8. The molecule has 4 nitrogen and oxygen atoms in total. The molecule has 0 N–H and O–H groups in total. The van der Waals surface area contributed by atoms with Gasteiger partial charge in [0, 0.05) is 18.1 Å². The predicted molar refractivity (Wildman–Crippen MR) is 86.3 cm³/mol. The maximum Gasteiger partial charge on any atom is 0.275 e. The summed E-state index contributed by atoms with van der Waals surface area (Å²) in [5.74, 6) is 0. The highest BCUT2D eigenvalue weighted by atomic mass is 79.9. The van der Waals surface area contributed by atoms with E-state index in [-0.39, 0.29) is 0 Å². The molecule has 0 aliphatic carbocycles. The number of benzene rings is 1. The van der Waals surface area contributed by atoms with Gasteiger partial charge in [-0.05, 0) is 39.5 Å². The molecule has 2 aromatic rings. The molecule has 1 aliphatic rings. The van der Waals surface area contributed by atoms with Gasteiger partial charge in [-0.15, -0.1) is 11.3 Å². The van der Waals surface area contributed by atoms with Crippen LogP contribution in [0.15, 0.2) is 44.4 Å². The van der Waals surface area contributed by atoms with E-state index in [1.54, 1.807) is 11.4 Å². The topological polar surface area (TPSA) is 40.6 Å². The molecule has 0 unspecified atom stereocenters. The molecule has 1 aromatic heterocycles. The van der Waals surface area contributed by atoms with Crippen molar-refractivity contribution < 1.29 is 8.42 Å². The van der Waals surface area contributed by atoms with Gasteiger partial charge in [0.25, 0.3) is 10.0 Å². The first-order valence-electron chi connectivity index (χ1n) is 6.08. The van der Waals surface area contributed by atoms with E-state index in [1.165, 1.54) is 15.6 Å². The van der Waals surface area contributed by atoms with E-state index in [1.807, 2.05) is 31.3 Å². The number of sulfonamides is 1. The van der Waals surface area contributed by atoms with E-state index < -0.39 is 10.0 Å². The van der Waals surface area contributed by atoms with Crippen LogP contribution in [0.25, 0.3) is 0 Å². The van der Waals surface area contributed by atoms with Crippen LogP contribution in [0.4, 0.5) is 11.4 Å². The van der Waals surface area contributed by atoms with Gasteiger partial charge in [-0.1, -0.05) is 12.1 Å².